The maximum Gasteiger partial charge on any atom is 0.312 e. The number of hydrogen-bond acceptors (Lipinski definition) is 5. The van der Waals surface area contributed by atoms with Gasteiger partial charge in [0.05, 0.1) is 0 Å². The minimum absolute atomic E-state index is 0.840. The Hall–Kier alpha value is -1.03. The molecule has 1 rings (SSSR count). The molecule has 78 valence electrons. The molecule has 0 saturated carbocycles. The summed E-state index contributed by atoms with van der Waals surface area (Å²) in [6.45, 7) is 0. The highest BCUT2D eigenvalue weighted by atomic mass is 32.2. The molecule has 7 nitrogen and oxygen atoms in total. The first-order chi connectivity index (χ1) is 6.21. The number of nitrogens with zero attached hydrogens (tertiary/aromatic N) is 1. The van der Waals surface area contributed by atoms with Gasteiger partial charge in [0.15, 0.2) is 10.1 Å². The highest BCUT2D eigenvalue weighted by molar-refractivity contribution is 7.86. The molecule has 9 heteroatoms. The van der Waals surface area contributed by atoms with Crippen LogP contribution in [-0.2, 0) is 20.2 Å². The van der Waals surface area contributed by atoms with Gasteiger partial charge in [-0.25, -0.2) is 4.98 Å². The second-order valence-corrected chi connectivity index (χ2v) is 5.00. The summed E-state index contributed by atoms with van der Waals surface area (Å²) in [4.78, 5) is 3.04. The van der Waals surface area contributed by atoms with Gasteiger partial charge in [-0.2, -0.15) is 16.8 Å². The fourth-order valence-corrected chi connectivity index (χ4v) is 1.67. The molecule has 0 aliphatic carbocycles. The summed E-state index contributed by atoms with van der Waals surface area (Å²) in [6.07, 6.45) is 0. The Morgan fingerprint density at radius 3 is 1.57 bits per heavy atom. The number of aromatic nitrogens is 1. The van der Waals surface area contributed by atoms with Gasteiger partial charge in [0.1, 0.15) is 0 Å². The molecule has 1 aromatic rings. The first-order valence-electron chi connectivity index (χ1n) is 3.13. The summed E-state index contributed by atoms with van der Waals surface area (Å²) in [5.41, 5.74) is 0. The lowest BCUT2D eigenvalue weighted by molar-refractivity contribution is 0.472. The van der Waals surface area contributed by atoms with Crippen LogP contribution in [0.5, 0.6) is 0 Å². The first-order valence-corrected chi connectivity index (χ1v) is 6.01. The SMILES string of the molecule is O=S(=O)(O)c1cccc(S(=O)(=O)O)n1. The van der Waals surface area contributed by atoms with Crippen molar-refractivity contribution in [3.8, 4) is 0 Å². The summed E-state index contributed by atoms with van der Waals surface area (Å²) in [7, 11) is -9.14. The van der Waals surface area contributed by atoms with Crippen LogP contribution >= 0.6 is 0 Å². The monoisotopic (exact) mass is 239 g/mol. The van der Waals surface area contributed by atoms with Crippen LogP contribution in [0.3, 0.4) is 0 Å². The molecule has 0 bridgehead atoms. The zero-order valence-electron chi connectivity index (χ0n) is 6.52. The molecule has 0 amide bonds. The van der Waals surface area contributed by atoms with E-state index in [1.165, 1.54) is 0 Å². The Morgan fingerprint density at radius 1 is 0.929 bits per heavy atom. The third-order valence-corrected chi connectivity index (χ3v) is 2.74. The normalized spacial score (nSPS) is 12.7. The van der Waals surface area contributed by atoms with E-state index in [1.807, 2.05) is 0 Å². The molecule has 1 heterocycles. The molecule has 2 N–H and O–H groups in total. The van der Waals surface area contributed by atoms with E-state index in [-0.39, 0.29) is 0 Å². The largest absolute Gasteiger partial charge is 0.312 e. The van der Waals surface area contributed by atoms with Gasteiger partial charge in [-0.3, -0.25) is 9.11 Å². The van der Waals surface area contributed by atoms with Gasteiger partial charge in [0.2, 0.25) is 0 Å². The maximum absolute atomic E-state index is 10.5. The molecule has 0 atom stereocenters. The maximum atomic E-state index is 10.5. The molecule has 0 fully saturated rings. The Morgan fingerprint density at radius 2 is 1.29 bits per heavy atom. The van der Waals surface area contributed by atoms with Gasteiger partial charge >= 0.3 is 20.2 Å². The van der Waals surface area contributed by atoms with E-state index in [9.17, 15) is 16.8 Å². The minimum atomic E-state index is -4.57. The summed E-state index contributed by atoms with van der Waals surface area (Å²) < 4.78 is 59.1. The van der Waals surface area contributed by atoms with E-state index in [0.717, 1.165) is 18.2 Å². The van der Waals surface area contributed by atoms with Crippen molar-refractivity contribution in [2.75, 3.05) is 0 Å². The lowest BCUT2D eigenvalue weighted by atomic mass is 10.5. The molecule has 0 spiro atoms. The van der Waals surface area contributed by atoms with Crippen LogP contribution in [0.15, 0.2) is 28.3 Å². The number of hydrogen-bond donors (Lipinski definition) is 2. The van der Waals surface area contributed by atoms with Gasteiger partial charge in [0.25, 0.3) is 0 Å². The number of pyridine rings is 1. The second-order valence-electron chi connectivity index (χ2n) is 2.26. The fraction of sp³-hybridized carbons (Fsp3) is 0. The lowest BCUT2D eigenvalue weighted by Crippen LogP contribution is -2.07. The predicted octanol–water partition coefficient (Wildman–Crippen LogP) is -0.425. The van der Waals surface area contributed by atoms with E-state index in [0.29, 0.717) is 0 Å². The zero-order chi connectivity index (χ0) is 11.0. The van der Waals surface area contributed by atoms with Gasteiger partial charge in [-0.15, -0.1) is 0 Å². The second kappa shape index (κ2) is 3.28. The Kier molecular flexibility index (Phi) is 2.58. The van der Waals surface area contributed by atoms with Gasteiger partial charge in [-0.1, -0.05) is 6.07 Å². The van der Waals surface area contributed by atoms with Gasteiger partial charge in [-0.05, 0) is 12.1 Å². The van der Waals surface area contributed by atoms with Crippen molar-refractivity contribution >= 4 is 20.2 Å². The topological polar surface area (TPSA) is 122 Å². The van der Waals surface area contributed by atoms with Crippen LogP contribution < -0.4 is 0 Å². The average molecular weight is 239 g/mol. The van der Waals surface area contributed by atoms with E-state index < -0.39 is 30.3 Å². The molecule has 0 unspecified atom stereocenters. The smallest absolute Gasteiger partial charge is 0.281 e. The van der Waals surface area contributed by atoms with Crippen molar-refractivity contribution in [3.63, 3.8) is 0 Å². The quantitative estimate of drug-likeness (QED) is 0.671. The first kappa shape index (κ1) is 11.0. The van der Waals surface area contributed by atoms with Crippen molar-refractivity contribution in [2.24, 2.45) is 0 Å². The standard InChI is InChI=1S/C5H5NO6S2/c7-13(8,9)4-2-1-3-5(6-4)14(10,11)12/h1-3H,(H,7,8,9)(H,10,11,12). The van der Waals surface area contributed by atoms with Crippen LogP contribution in [-0.4, -0.2) is 30.9 Å². The molecular formula is C5H5NO6S2. The highest BCUT2D eigenvalue weighted by Gasteiger charge is 2.17. The van der Waals surface area contributed by atoms with Crippen LogP contribution in [0.4, 0.5) is 0 Å². The minimum Gasteiger partial charge on any atom is -0.281 e. The Labute approximate surface area is 79.9 Å². The Balaban J connectivity index is 3.44. The van der Waals surface area contributed by atoms with Crippen molar-refractivity contribution in [3.05, 3.63) is 18.2 Å². The van der Waals surface area contributed by atoms with E-state index in [1.54, 1.807) is 0 Å². The van der Waals surface area contributed by atoms with E-state index >= 15 is 0 Å². The molecular weight excluding hydrogens is 234 g/mol. The number of rotatable bonds is 2. The summed E-state index contributed by atoms with van der Waals surface area (Å²) in [5.74, 6) is 0. The summed E-state index contributed by atoms with van der Waals surface area (Å²) in [5, 5.41) is -1.68. The van der Waals surface area contributed by atoms with Crippen LogP contribution in [0.1, 0.15) is 0 Å². The van der Waals surface area contributed by atoms with Crippen molar-refractivity contribution in [2.45, 2.75) is 10.1 Å². The summed E-state index contributed by atoms with van der Waals surface area (Å²) >= 11 is 0. The van der Waals surface area contributed by atoms with Crippen molar-refractivity contribution in [1.82, 2.24) is 4.98 Å². The molecule has 0 saturated heterocycles. The van der Waals surface area contributed by atoms with Crippen LogP contribution in [0.25, 0.3) is 0 Å². The highest BCUT2D eigenvalue weighted by Crippen LogP contribution is 2.09. The van der Waals surface area contributed by atoms with Crippen LogP contribution in [0.2, 0.25) is 0 Å². The lowest BCUT2D eigenvalue weighted by Gasteiger charge is -1.98. The van der Waals surface area contributed by atoms with E-state index in [4.69, 9.17) is 9.11 Å². The van der Waals surface area contributed by atoms with Crippen molar-refractivity contribution < 1.29 is 25.9 Å². The average Bonchev–Trinajstić information content (AvgIpc) is 2.01. The fourth-order valence-electron chi connectivity index (χ4n) is 0.683. The third kappa shape index (κ3) is 2.48. The van der Waals surface area contributed by atoms with E-state index in [2.05, 4.69) is 4.98 Å². The van der Waals surface area contributed by atoms with Gasteiger partial charge in [0, 0.05) is 0 Å². The van der Waals surface area contributed by atoms with Gasteiger partial charge < -0.3 is 0 Å². The predicted molar refractivity (Wildman–Crippen MR) is 43.9 cm³/mol. The molecule has 0 aliphatic heterocycles. The van der Waals surface area contributed by atoms with Crippen molar-refractivity contribution in [1.29, 1.82) is 0 Å². The molecule has 0 aliphatic rings. The molecule has 1 aromatic heterocycles. The Bertz CT molecular complexity index is 498. The van der Waals surface area contributed by atoms with Crippen LogP contribution in [0, 0.1) is 0 Å². The third-order valence-electron chi connectivity index (χ3n) is 1.23. The zero-order valence-corrected chi connectivity index (χ0v) is 8.16. The molecule has 14 heavy (non-hydrogen) atoms. The molecule has 0 aromatic carbocycles. The summed E-state index contributed by atoms with van der Waals surface area (Å²) in [6, 6.07) is 2.81. The molecule has 0 radical (unpaired) electrons.